The zero-order valence-corrected chi connectivity index (χ0v) is 10.2. The van der Waals surface area contributed by atoms with Crippen LogP contribution in [-0.2, 0) is 31.0 Å². The average molecular weight is 238 g/mol. The van der Waals surface area contributed by atoms with Crippen LogP contribution in [0, 0.1) is 0 Å². The van der Waals surface area contributed by atoms with Crippen molar-refractivity contribution in [3.63, 3.8) is 0 Å². The van der Waals surface area contributed by atoms with E-state index in [4.69, 9.17) is 5.11 Å². The molecule has 0 heterocycles. The molecule has 0 fully saturated rings. The van der Waals surface area contributed by atoms with Gasteiger partial charge in [-0.15, -0.1) is 0 Å². The van der Waals surface area contributed by atoms with Crippen LogP contribution in [0.4, 0.5) is 0 Å². The van der Waals surface area contributed by atoms with Gasteiger partial charge < -0.3 is 21.2 Å². The van der Waals surface area contributed by atoms with E-state index in [0.29, 0.717) is 0 Å². The van der Waals surface area contributed by atoms with Crippen LogP contribution >= 0.6 is 0 Å². The fourth-order valence-electron chi connectivity index (χ4n) is 0. The van der Waals surface area contributed by atoms with Gasteiger partial charge in [0.2, 0.25) is 0 Å². The van der Waals surface area contributed by atoms with Crippen molar-refractivity contribution in [2.75, 3.05) is 0 Å². The second-order valence-corrected chi connectivity index (χ2v) is 0.995. The Morgan fingerprint density at radius 1 is 1.67 bits per heavy atom. The molecule has 0 saturated carbocycles. The van der Waals surface area contributed by atoms with Gasteiger partial charge in [-0.1, -0.05) is 0 Å². The number of carbonyl (C=O) groups is 1. The number of aliphatic carboxylic acids is 1. The number of carboxylic acid groups (broad SMARTS) is 1. The van der Waals surface area contributed by atoms with Gasteiger partial charge in [-0.3, -0.25) is 0 Å². The summed E-state index contributed by atoms with van der Waals surface area (Å²) in [6.45, 7) is 1.13. The van der Waals surface area contributed by atoms with Crippen LogP contribution in [0.1, 0.15) is 6.92 Å². The first kappa shape index (κ1) is 22.4. The van der Waals surface area contributed by atoms with Crippen LogP contribution in [0.2, 0.25) is 0 Å². The average Bonchev–Trinajstić information content (AvgIpc) is 1.36. The Kier molecular flexibility index (Phi) is 30.5. The minimum atomic E-state index is -1.44. The molecule has 4 nitrogen and oxygen atoms in total. The van der Waals surface area contributed by atoms with E-state index in [9.17, 15) is 9.90 Å². The van der Waals surface area contributed by atoms with E-state index in [1.807, 2.05) is 0 Å². The molecule has 0 aromatic rings. The number of quaternary nitrogens is 1. The third-order valence-corrected chi connectivity index (χ3v) is 0.341. The summed E-state index contributed by atoms with van der Waals surface area (Å²) in [5, 5.41) is 17.3. The Labute approximate surface area is 103 Å². The number of aliphatic hydroxyl groups is 1. The number of aliphatic hydroxyl groups excluding tert-OH is 1. The number of hydrogen-bond donors (Lipinski definition) is 2. The number of carboxylic acids is 1. The Bertz CT molecular complexity index is 70.1. The van der Waals surface area contributed by atoms with Crippen molar-refractivity contribution in [1.29, 1.82) is 0 Å². The first-order valence-electron chi connectivity index (χ1n) is 1.53. The van der Waals surface area contributed by atoms with Crippen LogP contribution < -0.4 is 11.3 Å². The van der Waals surface area contributed by atoms with E-state index < -0.39 is 12.1 Å². The van der Waals surface area contributed by atoms with Crippen molar-refractivity contribution in [1.82, 2.24) is 6.15 Å². The van der Waals surface area contributed by atoms with Gasteiger partial charge in [-0.2, -0.15) is 0 Å². The zero-order valence-electron chi connectivity index (χ0n) is 5.55. The van der Waals surface area contributed by atoms with E-state index in [1.54, 1.807) is 0 Å². The van der Waals surface area contributed by atoms with Gasteiger partial charge in [-0.25, -0.2) is 0 Å². The summed E-state index contributed by atoms with van der Waals surface area (Å²) in [6, 6.07) is 0. The largest absolute Gasteiger partial charge is 0.547 e. The molecule has 0 aliphatic heterocycles. The summed E-state index contributed by atoms with van der Waals surface area (Å²) < 4.78 is 0. The SMILES string of the molecule is CC(O)C(=O)[O-].[Ca].[NH4+].[Zr]. The van der Waals surface area contributed by atoms with Gasteiger partial charge in [0, 0.05) is 63.9 Å². The molecule has 0 aromatic heterocycles. The van der Waals surface area contributed by atoms with Crippen molar-refractivity contribution in [3.8, 4) is 0 Å². The van der Waals surface area contributed by atoms with Crippen molar-refractivity contribution < 1.29 is 41.2 Å². The van der Waals surface area contributed by atoms with Gasteiger partial charge in [0.05, 0.1) is 12.1 Å². The van der Waals surface area contributed by atoms with Crippen LogP contribution in [0.25, 0.3) is 0 Å². The number of carbonyl (C=O) groups excluding carboxylic acids is 1. The summed E-state index contributed by atoms with van der Waals surface area (Å²) >= 11 is 0. The van der Waals surface area contributed by atoms with Gasteiger partial charge in [0.1, 0.15) is 0 Å². The second kappa shape index (κ2) is 12.2. The monoisotopic (exact) mass is 237 g/mol. The first-order chi connectivity index (χ1) is 2.64. The maximum atomic E-state index is 9.34. The van der Waals surface area contributed by atoms with E-state index in [0.717, 1.165) is 6.92 Å². The summed E-state index contributed by atoms with van der Waals surface area (Å²) in [5.41, 5.74) is 0. The van der Waals surface area contributed by atoms with E-state index in [2.05, 4.69) is 0 Å². The fraction of sp³-hybridized carbons (Fsp3) is 0.667. The van der Waals surface area contributed by atoms with Crippen LogP contribution in [0.5, 0.6) is 0 Å². The molecule has 0 amide bonds. The normalized spacial score (nSPS) is 9.11. The molecule has 0 saturated heterocycles. The maximum absolute atomic E-state index is 9.34. The van der Waals surface area contributed by atoms with Crippen molar-refractivity contribution in [2.45, 2.75) is 13.0 Å². The Balaban J connectivity index is -0.0000000417. The Hall–Kier alpha value is 1.53. The van der Waals surface area contributed by atoms with Crippen molar-refractivity contribution in [3.05, 3.63) is 0 Å². The minimum absolute atomic E-state index is 0. The molecule has 2 radical (unpaired) electrons. The molecule has 0 aliphatic carbocycles. The van der Waals surface area contributed by atoms with E-state index in [-0.39, 0.29) is 70.1 Å². The molecule has 9 heavy (non-hydrogen) atoms. The molecular weight excluding hydrogens is 229 g/mol. The summed E-state index contributed by atoms with van der Waals surface area (Å²) in [5.74, 6) is -1.44. The van der Waals surface area contributed by atoms with Gasteiger partial charge in [-0.05, 0) is 6.92 Å². The molecule has 0 rings (SSSR count). The number of hydrogen-bond acceptors (Lipinski definition) is 3. The predicted octanol–water partition coefficient (Wildman–Crippen LogP) is -1.89. The molecule has 1 atom stereocenters. The molecule has 1 unspecified atom stereocenters. The number of rotatable bonds is 1. The first-order valence-corrected chi connectivity index (χ1v) is 1.53. The standard InChI is InChI=1S/C3H6O3.Ca.H3N.Zr/c1-2(4)3(5)6;;;/h2,4H,1H3,(H,5,6);;1H3;. The molecule has 5 N–H and O–H groups in total. The Morgan fingerprint density at radius 2 is 1.78 bits per heavy atom. The van der Waals surface area contributed by atoms with Crippen LogP contribution in [0.15, 0.2) is 0 Å². The molecule has 0 bridgehead atoms. The Morgan fingerprint density at radius 3 is 1.78 bits per heavy atom. The topological polar surface area (TPSA) is 96.9 Å². The zero-order chi connectivity index (χ0) is 5.15. The third-order valence-electron chi connectivity index (χ3n) is 0.341. The summed E-state index contributed by atoms with van der Waals surface area (Å²) in [6.07, 6.45) is -1.34. The van der Waals surface area contributed by atoms with E-state index in [1.165, 1.54) is 0 Å². The fourth-order valence-corrected chi connectivity index (χ4v) is 0. The van der Waals surface area contributed by atoms with Crippen LogP contribution in [0.3, 0.4) is 0 Å². The van der Waals surface area contributed by atoms with Gasteiger partial charge in [0.25, 0.3) is 0 Å². The molecule has 0 spiro atoms. The maximum Gasteiger partial charge on any atom is 0.0905 e. The van der Waals surface area contributed by atoms with E-state index >= 15 is 0 Å². The summed E-state index contributed by atoms with van der Waals surface area (Å²) in [4.78, 5) is 9.34. The smallest absolute Gasteiger partial charge is 0.0905 e. The molecular formula is C3H9CaNO3Zr. The van der Waals surface area contributed by atoms with Gasteiger partial charge >= 0.3 is 0 Å². The minimum Gasteiger partial charge on any atom is -0.547 e. The molecule has 0 aromatic carbocycles. The molecule has 50 valence electrons. The second-order valence-electron chi connectivity index (χ2n) is 0.995. The third kappa shape index (κ3) is 17.7. The molecule has 6 heteroatoms. The molecule has 0 aliphatic rings. The van der Waals surface area contributed by atoms with Crippen molar-refractivity contribution >= 4 is 43.7 Å². The van der Waals surface area contributed by atoms with Crippen LogP contribution in [-0.4, -0.2) is 54.9 Å². The van der Waals surface area contributed by atoms with Gasteiger partial charge in [0.15, 0.2) is 0 Å². The van der Waals surface area contributed by atoms with Crippen molar-refractivity contribution in [2.24, 2.45) is 0 Å². The summed E-state index contributed by atoms with van der Waals surface area (Å²) in [7, 11) is 0. The predicted molar refractivity (Wildman–Crippen MR) is 28.4 cm³/mol. The quantitative estimate of drug-likeness (QED) is 0.523.